The summed E-state index contributed by atoms with van der Waals surface area (Å²) in [4.78, 5) is 39.4. The maximum Gasteiger partial charge on any atom is 0.325 e. The number of nitrogens with zero attached hydrogens (tertiary/aromatic N) is 1. The number of halogens is 1. The van der Waals surface area contributed by atoms with Gasteiger partial charge in [0.25, 0.3) is 5.56 Å². The van der Waals surface area contributed by atoms with Crippen LogP contribution in [0.3, 0.4) is 0 Å². The number of aromatic hydroxyl groups is 1. The van der Waals surface area contributed by atoms with Crippen LogP contribution in [-0.2, 0) is 11.2 Å². The molecule has 0 spiro atoms. The molecule has 144 valence electrons. The fraction of sp³-hybridized carbons (Fsp3) is 0.294. The number of aromatic amines is 2. The lowest BCUT2D eigenvalue weighted by molar-refractivity contribution is -0.121. The summed E-state index contributed by atoms with van der Waals surface area (Å²) in [5.74, 6) is -0.105. The number of benzene rings is 1. The van der Waals surface area contributed by atoms with Crippen molar-refractivity contribution < 1.29 is 14.6 Å². The molecule has 0 fully saturated rings. The zero-order valence-corrected chi connectivity index (χ0v) is 16.3. The molecule has 0 saturated heterocycles. The van der Waals surface area contributed by atoms with Gasteiger partial charge in [-0.1, -0.05) is 0 Å². The van der Waals surface area contributed by atoms with Gasteiger partial charge in [-0.2, -0.15) is 5.10 Å². The maximum absolute atomic E-state index is 11.9. The highest BCUT2D eigenvalue weighted by atomic mass is 79.9. The summed E-state index contributed by atoms with van der Waals surface area (Å²) in [7, 11) is 0. The van der Waals surface area contributed by atoms with E-state index in [-0.39, 0.29) is 24.5 Å². The van der Waals surface area contributed by atoms with Crippen LogP contribution in [0, 0.1) is 6.92 Å². The summed E-state index contributed by atoms with van der Waals surface area (Å²) < 4.78 is 5.76. The Morgan fingerprint density at radius 3 is 2.78 bits per heavy atom. The molecule has 2 aromatic rings. The zero-order valence-electron chi connectivity index (χ0n) is 14.8. The average Bonchev–Trinajstić information content (AvgIpc) is 2.58. The van der Waals surface area contributed by atoms with Crippen LogP contribution in [0.4, 0.5) is 0 Å². The predicted molar refractivity (Wildman–Crippen MR) is 103 cm³/mol. The fourth-order valence-electron chi connectivity index (χ4n) is 2.33. The monoisotopic (exact) mass is 438 g/mol. The average molecular weight is 439 g/mol. The summed E-state index contributed by atoms with van der Waals surface area (Å²) >= 11 is 3.22. The zero-order chi connectivity index (χ0) is 20.0. The molecule has 1 aromatic heterocycles. The predicted octanol–water partition coefficient (Wildman–Crippen LogP) is 1.32. The summed E-state index contributed by atoms with van der Waals surface area (Å²) in [6.45, 7) is 3.78. The molecule has 27 heavy (non-hydrogen) atoms. The third kappa shape index (κ3) is 5.55. The molecule has 0 atom stereocenters. The molecule has 1 heterocycles. The van der Waals surface area contributed by atoms with Crippen LogP contribution in [0.15, 0.2) is 31.3 Å². The number of hydrogen-bond donors (Lipinski definition) is 4. The number of nitrogens with one attached hydrogen (secondary N) is 3. The van der Waals surface area contributed by atoms with Gasteiger partial charge in [-0.25, -0.2) is 10.2 Å². The molecular weight excluding hydrogens is 420 g/mol. The third-order valence-electron chi connectivity index (χ3n) is 3.61. The Bertz CT molecular complexity index is 980. The Hall–Kier alpha value is -2.88. The van der Waals surface area contributed by atoms with Crippen LogP contribution in [0.25, 0.3) is 0 Å². The third-order valence-corrected chi connectivity index (χ3v) is 4.21. The SMILES string of the molecule is CCOc1cc(/C=N/NC(=O)CCc2c(C)[nH]c(=O)[nH]c2=O)cc(Br)c1O. The molecular formula is C17H19BrN4O5. The quantitative estimate of drug-likeness (QED) is 0.381. The molecule has 9 nitrogen and oxygen atoms in total. The maximum atomic E-state index is 11.9. The van der Waals surface area contributed by atoms with E-state index in [1.807, 2.05) is 0 Å². The minimum atomic E-state index is -0.582. The standard InChI is InChI=1S/C17H19BrN4O5/c1-3-27-13-7-10(6-12(18)15(13)24)8-19-22-14(23)5-4-11-9(2)20-17(26)21-16(11)25/h6-8,24H,3-5H2,1-2H3,(H,22,23)(H2,20,21,25,26)/b19-8+. The minimum Gasteiger partial charge on any atom is -0.503 e. The van der Waals surface area contributed by atoms with Gasteiger partial charge in [0.1, 0.15) is 0 Å². The Labute approximate surface area is 162 Å². The first-order valence-electron chi connectivity index (χ1n) is 8.11. The van der Waals surface area contributed by atoms with Gasteiger partial charge in [-0.05, 0) is 53.9 Å². The number of H-pyrrole nitrogens is 2. The minimum absolute atomic E-state index is 0.0143. The molecule has 1 amide bonds. The Morgan fingerprint density at radius 1 is 1.37 bits per heavy atom. The van der Waals surface area contributed by atoms with Gasteiger partial charge in [0.2, 0.25) is 5.91 Å². The van der Waals surface area contributed by atoms with Crippen LogP contribution >= 0.6 is 15.9 Å². The molecule has 0 aliphatic rings. The van der Waals surface area contributed by atoms with E-state index in [4.69, 9.17) is 4.74 Å². The summed E-state index contributed by atoms with van der Waals surface area (Å²) in [5, 5.41) is 13.7. The molecule has 4 N–H and O–H groups in total. The molecule has 1 aromatic carbocycles. The van der Waals surface area contributed by atoms with Gasteiger partial charge in [-0.3, -0.25) is 14.6 Å². The molecule has 0 bridgehead atoms. The van der Waals surface area contributed by atoms with Crippen molar-refractivity contribution in [3.63, 3.8) is 0 Å². The molecule has 0 aliphatic carbocycles. The van der Waals surface area contributed by atoms with Gasteiger partial charge in [-0.15, -0.1) is 0 Å². The second kappa shape index (κ2) is 9.17. The van der Waals surface area contributed by atoms with Crippen LogP contribution in [0.5, 0.6) is 11.5 Å². The van der Waals surface area contributed by atoms with Gasteiger partial charge < -0.3 is 14.8 Å². The largest absolute Gasteiger partial charge is 0.503 e. The van der Waals surface area contributed by atoms with Gasteiger partial charge in [0.15, 0.2) is 11.5 Å². The van der Waals surface area contributed by atoms with E-state index < -0.39 is 11.2 Å². The van der Waals surface area contributed by atoms with E-state index in [9.17, 15) is 19.5 Å². The number of hydrogen-bond acceptors (Lipinski definition) is 6. The molecule has 0 saturated carbocycles. The molecule has 2 rings (SSSR count). The normalized spacial score (nSPS) is 10.9. The first-order chi connectivity index (χ1) is 12.8. The number of carbonyl (C=O) groups excluding carboxylic acids is 1. The number of ether oxygens (including phenoxy) is 1. The first kappa shape index (κ1) is 20.4. The molecule has 0 unspecified atom stereocenters. The lowest BCUT2D eigenvalue weighted by atomic mass is 10.1. The van der Waals surface area contributed by atoms with Crippen molar-refractivity contribution in [3.05, 3.63) is 54.3 Å². The molecule has 10 heteroatoms. The highest BCUT2D eigenvalue weighted by Crippen LogP contribution is 2.34. The van der Waals surface area contributed by atoms with Crippen molar-refractivity contribution in [2.75, 3.05) is 6.61 Å². The van der Waals surface area contributed by atoms with Gasteiger partial charge in [0, 0.05) is 17.7 Å². The van der Waals surface area contributed by atoms with Crippen molar-refractivity contribution in [2.24, 2.45) is 5.10 Å². The van der Waals surface area contributed by atoms with Crippen LogP contribution in [0.1, 0.15) is 30.2 Å². The van der Waals surface area contributed by atoms with E-state index in [1.165, 1.54) is 6.21 Å². The molecule has 0 radical (unpaired) electrons. The number of phenolic OH excluding ortho intramolecular Hbond substituents is 1. The van der Waals surface area contributed by atoms with E-state index in [0.717, 1.165) is 0 Å². The molecule has 0 aliphatic heterocycles. The summed E-state index contributed by atoms with van der Waals surface area (Å²) in [6.07, 6.45) is 1.60. The highest BCUT2D eigenvalue weighted by molar-refractivity contribution is 9.10. The van der Waals surface area contributed by atoms with E-state index in [0.29, 0.717) is 33.6 Å². The smallest absolute Gasteiger partial charge is 0.325 e. The number of carbonyl (C=O) groups is 1. The van der Waals surface area contributed by atoms with Crippen molar-refractivity contribution >= 4 is 28.1 Å². The fourth-order valence-corrected chi connectivity index (χ4v) is 2.79. The van der Waals surface area contributed by atoms with Crippen molar-refractivity contribution in [1.29, 1.82) is 0 Å². The second-order valence-electron chi connectivity index (χ2n) is 5.59. The second-order valence-corrected chi connectivity index (χ2v) is 6.44. The summed E-state index contributed by atoms with van der Waals surface area (Å²) in [5.41, 5.74) is 2.65. The lowest BCUT2D eigenvalue weighted by Gasteiger charge is -2.08. The number of rotatable bonds is 7. The number of aryl methyl sites for hydroxylation is 1. The van der Waals surface area contributed by atoms with Crippen LogP contribution in [0.2, 0.25) is 0 Å². The first-order valence-corrected chi connectivity index (χ1v) is 8.90. The lowest BCUT2D eigenvalue weighted by Crippen LogP contribution is -2.28. The van der Waals surface area contributed by atoms with Gasteiger partial charge >= 0.3 is 5.69 Å². The van der Waals surface area contributed by atoms with E-state index in [2.05, 4.69) is 36.4 Å². The van der Waals surface area contributed by atoms with Crippen molar-refractivity contribution in [1.82, 2.24) is 15.4 Å². The summed E-state index contributed by atoms with van der Waals surface area (Å²) in [6, 6.07) is 3.21. The Morgan fingerprint density at radius 2 is 2.11 bits per heavy atom. The highest BCUT2D eigenvalue weighted by Gasteiger charge is 2.10. The van der Waals surface area contributed by atoms with Crippen molar-refractivity contribution in [3.8, 4) is 11.5 Å². The van der Waals surface area contributed by atoms with E-state index >= 15 is 0 Å². The van der Waals surface area contributed by atoms with E-state index in [1.54, 1.807) is 26.0 Å². The number of phenols is 1. The topological polar surface area (TPSA) is 137 Å². The Balaban J connectivity index is 1.98. The van der Waals surface area contributed by atoms with Crippen molar-refractivity contribution in [2.45, 2.75) is 26.7 Å². The Kier molecular flexibility index (Phi) is 6.94. The number of aromatic nitrogens is 2. The number of amides is 1. The van der Waals surface area contributed by atoms with Crippen LogP contribution < -0.4 is 21.4 Å². The van der Waals surface area contributed by atoms with Crippen LogP contribution in [-0.4, -0.2) is 33.8 Å². The number of hydrazone groups is 1. The van der Waals surface area contributed by atoms with Gasteiger partial charge in [0.05, 0.1) is 17.3 Å².